The maximum Gasteiger partial charge on any atom is 0.407 e. The number of hydrogen-bond acceptors (Lipinski definition) is 7. The van der Waals surface area contributed by atoms with Crippen molar-refractivity contribution in [2.45, 2.75) is 44.9 Å². The van der Waals surface area contributed by atoms with Gasteiger partial charge in [0.1, 0.15) is 18.4 Å². The second-order valence-electron chi connectivity index (χ2n) is 6.18. The van der Waals surface area contributed by atoms with Crippen molar-refractivity contribution in [1.29, 1.82) is 0 Å². The van der Waals surface area contributed by atoms with Gasteiger partial charge in [-0.25, -0.2) is 9.59 Å². The topological polar surface area (TPSA) is 131 Å². The third-order valence-electron chi connectivity index (χ3n) is 3.72. The van der Waals surface area contributed by atoms with Gasteiger partial charge < -0.3 is 30.0 Å². The van der Waals surface area contributed by atoms with Crippen LogP contribution in [0.1, 0.15) is 31.7 Å². The molecule has 1 rings (SSSR count). The minimum absolute atomic E-state index is 0.0835. The number of carbonyl (C=O) groups is 4. The predicted molar refractivity (Wildman–Crippen MR) is 99.1 cm³/mol. The Morgan fingerprint density at radius 3 is 2.43 bits per heavy atom. The van der Waals surface area contributed by atoms with Crippen molar-refractivity contribution in [3.63, 3.8) is 0 Å². The van der Waals surface area contributed by atoms with E-state index in [4.69, 9.17) is 4.74 Å². The van der Waals surface area contributed by atoms with Gasteiger partial charge in [-0.1, -0.05) is 30.3 Å². The summed E-state index contributed by atoms with van der Waals surface area (Å²) in [7, 11) is 1.18. The van der Waals surface area contributed by atoms with Gasteiger partial charge in [-0.3, -0.25) is 4.79 Å². The van der Waals surface area contributed by atoms with Crippen molar-refractivity contribution in [3.8, 4) is 0 Å². The summed E-state index contributed by atoms with van der Waals surface area (Å²) in [5, 5.41) is 14.7. The van der Waals surface area contributed by atoms with Gasteiger partial charge in [0.25, 0.3) is 0 Å². The zero-order valence-electron chi connectivity index (χ0n) is 16.0. The Hall–Kier alpha value is -2.94. The van der Waals surface area contributed by atoms with Crippen LogP contribution < -0.4 is 10.6 Å². The summed E-state index contributed by atoms with van der Waals surface area (Å²) >= 11 is 0. The molecule has 154 valence electrons. The molecule has 0 unspecified atom stereocenters. The highest BCUT2D eigenvalue weighted by Gasteiger charge is 2.23. The van der Waals surface area contributed by atoms with Gasteiger partial charge in [-0.05, 0) is 18.9 Å². The molecular weight excluding hydrogens is 368 g/mol. The van der Waals surface area contributed by atoms with E-state index >= 15 is 0 Å². The van der Waals surface area contributed by atoms with Crippen molar-refractivity contribution in [2.75, 3.05) is 13.7 Å². The number of rotatable bonds is 11. The Balaban J connectivity index is 2.34. The number of ether oxygens (including phenoxy) is 2. The number of benzene rings is 1. The van der Waals surface area contributed by atoms with E-state index in [9.17, 15) is 24.3 Å². The van der Waals surface area contributed by atoms with Crippen LogP contribution in [0.4, 0.5) is 4.79 Å². The Morgan fingerprint density at radius 1 is 1.14 bits per heavy atom. The highest BCUT2D eigenvalue weighted by Crippen LogP contribution is 2.03. The Kier molecular flexibility index (Phi) is 10.3. The van der Waals surface area contributed by atoms with E-state index in [1.54, 1.807) is 12.1 Å². The monoisotopic (exact) mass is 394 g/mol. The molecule has 28 heavy (non-hydrogen) atoms. The molecule has 0 spiro atoms. The van der Waals surface area contributed by atoms with E-state index in [-0.39, 0.29) is 38.2 Å². The summed E-state index contributed by atoms with van der Waals surface area (Å²) in [5.74, 6) is -1.40. The number of hydrogen-bond donors (Lipinski definition) is 3. The van der Waals surface area contributed by atoms with Gasteiger partial charge in [0.15, 0.2) is 0 Å². The van der Waals surface area contributed by atoms with E-state index < -0.39 is 30.1 Å². The molecule has 9 nitrogen and oxygen atoms in total. The first kappa shape index (κ1) is 23.1. The number of methoxy groups -OCH3 is 1. The number of aliphatic hydroxyl groups excluding tert-OH is 1. The van der Waals surface area contributed by atoms with Gasteiger partial charge in [0.2, 0.25) is 5.91 Å². The maximum absolute atomic E-state index is 12.0. The highest BCUT2D eigenvalue weighted by molar-refractivity contribution is 5.85. The van der Waals surface area contributed by atoms with E-state index in [2.05, 4.69) is 15.4 Å². The van der Waals surface area contributed by atoms with Gasteiger partial charge in [-0.15, -0.1) is 0 Å². The van der Waals surface area contributed by atoms with Crippen LogP contribution in [0.25, 0.3) is 0 Å². The molecule has 1 aromatic rings. The molecule has 0 radical (unpaired) electrons. The average Bonchev–Trinajstić information content (AvgIpc) is 2.67. The number of nitrogens with one attached hydrogen (secondary N) is 2. The minimum atomic E-state index is -1.17. The quantitative estimate of drug-likeness (QED) is 0.471. The summed E-state index contributed by atoms with van der Waals surface area (Å²) in [6, 6.07) is 8.11. The zero-order chi connectivity index (χ0) is 20.9. The molecule has 0 aromatic heterocycles. The van der Waals surface area contributed by atoms with E-state index in [0.717, 1.165) is 5.56 Å². The normalized spacial score (nSPS) is 12.4. The van der Waals surface area contributed by atoms with Gasteiger partial charge >= 0.3 is 12.1 Å². The van der Waals surface area contributed by atoms with Crippen molar-refractivity contribution < 1.29 is 33.8 Å². The number of amides is 2. The number of ketones is 1. The van der Waals surface area contributed by atoms with Crippen molar-refractivity contribution in [2.24, 2.45) is 0 Å². The summed E-state index contributed by atoms with van der Waals surface area (Å²) in [6.45, 7) is 1.26. The summed E-state index contributed by atoms with van der Waals surface area (Å²) < 4.78 is 9.59. The lowest BCUT2D eigenvalue weighted by molar-refractivity contribution is -0.145. The smallest absolute Gasteiger partial charge is 0.407 e. The van der Waals surface area contributed by atoms with Crippen LogP contribution in [-0.2, 0) is 30.5 Å². The van der Waals surface area contributed by atoms with E-state index in [1.165, 1.54) is 14.0 Å². The largest absolute Gasteiger partial charge is 0.467 e. The highest BCUT2D eigenvalue weighted by atomic mass is 16.5. The van der Waals surface area contributed by atoms with E-state index in [1.807, 2.05) is 18.2 Å². The second-order valence-corrected chi connectivity index (χ2v) is 6.18. The van der Waals surface area contributed by atoms with Crippen molar-refractivity contribution in [3.05, 3.63) is 35.9 Å². The van der Waals surface area contributed by atoms with Crippen LogP contribution >= 0.6 is 0 Å². The molecule has 0 aliphatic carbocycles. The summed E-state index contributed by atoms with van der Waals surface area (Å²) in [6.07, 6.45) is -2.02. The third kappa shape index (κ3) is 9.67. The van der Waals surface area contributed by atoms with Crippen LogP contribution in [0.3, 0.4) is 0 Å². The number of aliphatic hydroxyl groups is 1. The lowest BCUT2D eigenvalue weighted by Gasteiger charge is -2.17. The number of carbonyl (C=O) groups excluding carboxylic acids is 4. The molecule has 0 saturated carbocycles. The molecular formula is C19H26N2O7. The summed E-state index contributed by atoms with van der Waals surface area (Å²) in [5.41, 5.74) is 0.817. The van der Waals surface area contributed by atoms with Gasteiger partial charge in [-0.2, -0.15) is 0 Å². The first-order chi connectivity index (χ1) is 13.3. The summed E-state index contributed by atoms with van der Waals surface area (Å²) in [4.78, 5) is 46.3. The molecule has 1 aromatic carbocycles. The minimum Gasteiger partial charge on any atom is -0.467 e. The first-order valence-electron chi connectivity index (χ1n) is 8.81. The molecule has 9 heteroatoms. The molecule has 0 aliphatic heterocycles. The average molecular weight is 394 g/mol. The molecule has 2 atom stereocenters. The van der Waals surface area contributed by atoms with Crippen LogP contribution in [0.2, 0.25) is 0 Å². The fourth-order valence-corrected chi connectivity index (χ4v) is 2.25. The lowest BCUT2D eigenvalue weighted by atomic mass is 10.1. The maximum atomic E-state index is 12.0. The molecule has 0 fully saturated rings. The van der Waals surface area contributed by atoms with Crippen LogP contribution in [0, 0.1) is 0 Å². The zero-order valence-corrected chi connectivity index (χ0v) is 16.0. The Labute approximate surface area is 163 Å². The van der Waals surface area contributed by atoms with Crippen LogP contribution in [0.5, 0.6) is 0 Å². The molecule has 3 N–H and O–H groups in total. The van der Waals surface area contributed by atoms with Gasteiger partial charge in [0.05, 0.1) is 19.6 Å². The SMILES string of the molecule is COC(=O)[C@H](CCC(C)=O)NC(=O)C[C@H](O)CNC(=O)OCc1ccccc1. The lowest BCUT2D eigenvalue weighted by Crippen LogP contribution is -2.44. The fraction of sp³-hybridized carbons (Fsp3) is 0.474. The standard InChI is InChI=1S/C19H26N2O7/c1-13(22)8-9-16(18(25)27-2)21-17(24)10-15(23)11-20-19(26)28-12-14-6-4-3-5-7-14/h3-7,15-16,23H,8-12H2,1-2H3,(H,20,26)(H,21,24)/t15-,16-/m0/s1. The van der Waals surface area contributed by atoms with Crippen molar-refractivity contribution >= 4 is 23.8 Å². The molecule has 0 aliphatic rings. The van der Waals surface area contributed by atoms with Crippen LogP contribution in [-0.4, -0.2) is 54.7 Å². The predicted octanol–water partition coefficient (Wildman–Crippen LogP) is 0.691. The Morgan fingerprint density at radius 2 is 1.82 bits per heavy atom. The molecule has 2 amide bonds. The van der Waals surface area contributed by atoms with E-state index in [0.29, 0.717) is 0 Å². The van der Waals surface area contributed by atoms with Gasteiger partial charge in [0, 0.05) is 13.0 Å². The molecule has 0 heterocycles. The molecule has 0 bridgehead atoms. The number of Topliss-reactive ketones (excluding diaryl/α,β-unsaturated/α-hetero) is 1. The fourth-order valence-electron chi connectivity index (χ4n) is 2.25. The number of esters is 1. The van der Waals surface area contributed by atoms with Crippen LogP contribution in [0.15, 0.2) is 30.3 Å². The van der Waals surface area contributed by atoms with Crippen molar-refractivity contribution in [1.82, 2.24) is 10.6 Å². The number of alkyl carbamates (subject to hydrolysis) is 1. The molecule has 0 saturated heterocycles. The Bertz CT molecular complexity index is 664. The third-order valence-corrected chi connectivity index (χ3v) is 3.72. The second kappa shape index (κ2) is 12.4. The first-order valence-corrected chi connectivity index (χ1v) is 8.81.